The smallest absolute Gasteiger partial charge is 0.319 e. The van der Waals surface area contributed by atoms with Gasteiger partial charge < -0.3 is 20.1 Å². The molecule has 0 atom stereocenters. The lowest BCUT2D eigenvalue weighted by Gasteiger charge is -2.21. The van der Waals surface area contributed by atoms with Crippen LogP contribution in [0.3, 0.4) is 0 Å². The lowest BCUT2D eigenvalue weighted by Crippen LogP contribution is -2.31. The van der Waals surface area contributed by atoms with Crippen molar-refractivity contribution in [2.24, 2.45) is 0 Å². The highest BCUT2D eigenvalue weighted by atomic mass is 35.5. The van der Waals surface area contributed by atoms with Crippen LogP contribution in [0.5, 0.6) is 5.75 Å². The molecule has 1 heterocycles. The molecule has 2 aromatic rings. The minimum atomic E-state index is -0.629. The van der Waals surface area contributed by atoms with E-state index in [4.69, 9.17) is 21.1 Å². The summed E-state index contributed by atoms with van der Waals surface area (Å²) >= 11 is 5.66. The molecule has 0 aliphatic carbocycles. The first-order valence-electron chi connectivity index (χ1n) is 7.54. The summed E-state index contributed by atoms with van der Waals surface area (Å²) in [5, 5.41) is 5.22. The van der Waals surface area contributed by atoms with Crippen LogP contribution in [0.2, 0.25) is 5.02 Å². The van der Waals surface area contributed by atoms with Gasteiger partial charge in [-0.2, -0.15) is 0 Å². The van der Waals surface area contributed by atoms with E-state index < -0.39 is 17.7 Å². The molecule has 0 bridgehead atoms. The molecular formula is C17H15ClF2N2O3. The molecular weight excluding hydrogens is 354 g/mol. The van der Waals surface area contributed by atoms with E-state index in [1.165, 1.54) is 24.3 Å². The molecule has 0 unspecified atom stereocenters. The third-order valence-electron chi connectivity index (χ3n) is 3.61. The number of urea groups is 1. The Morgan fingerprint density at radius 3 is 2.88 bits per heavy atom. The standard InChI is InChI=1S/C17H15ClF2N2O3/c18-12-1-2-15(14(20)7-12)22-17(23)21-4-3-10-5-13(19)6-11-8-24-9-25-16(10)11/h1-2,5-7H,3-4,8-9H2,(H2,21,22,23). The van der Waals surface area contributed by atoms with Crippen molar-refractivity contribution in [1.29, 1.82) is 0 Å². The maximum Gasteiger partial charge on any atom is 0.319 e. The summed E-state index contributed by atoms with van der Waals surface area (Å²) in [6.45, 7) is 0.612. The van der Waals surface area contributed by atoms with E-state index in [0.717, 1.165) is 6.07 Å². The Balaban J connectivity index is 1.58. The lowest BCUT2D eigenvalue weighted by molar-refractivity contribution is -0.0172. The highest BCUT2D eigenvalue weighted by Gasteiger charge is 2.17. The molecule has 2 aromatic carbocycles. The molecule has 0 spiro atoms. The number of rotatable bonds is 4. The van der Waals surface area contributed by atoms with Crippen LogP contribution >= 0.6 is 11.6 Å². The number of carbonyl (C=O) groups is 1. The zero-order chi connectivity index (χ0) is 17.8. The average molecular weight is 369 g/mol. The van der Waals surface area contributed by atoms with Crippen LogP contribution in [0.4, 0.5) is 19.3 Å². The first-order valence-corrected chi connectivity index (χ1v) is 7.92. The summed E-state index contributed by atoms with van der Waals surface area (Å²) in [4.78, 5) is 11.8. The molecule has 0 saturated carbocycles. The highest BCUT2D eigenvalue weighted by Crippen LogP contribution is 2.29. The Bertz CT molecular complexity index is 802. The van der Waals surface area contributed by atoms with Crippen LogP contribution in [0, 0.1) is 11.6 Å². The fourth-order valence-electron chi connectivity index (χ4n) is 2.51. The summed E-state index contributed by atoms with van der Waals surface area (Å²) in [6, 6.07) is 6.10. The molecule has 1 aliphatic rings. The maximum absolute atomic E-state index is 13.6. The fourth-order valence-corrected chi connectivity index (χ4v) is 2.67. The molecule has 0 aromatic heterocycles. The van der Waals surface area contributed by atoms with Gasteiger partial charge in [0.1, 0.15) is 17.4 Å². The number of benzene rings is 2. The summed E-state index contributed by atoms with van der Waals surface area (Å²) in [7, 11) is 0. The minimum absolute atomic E-state index is 0.0190. The van der Waals surface area contributed by atoms with Crippen molar-refractivity contribution in [3.8, 4) is 5.75 Å². The van der Waals surface area contributed by atoms with E-state index in [2.05, 4.69) is 10.6 Å². The predicted molar refractivity (Wildman–Crippen MR) is 88.8 cm³/mol. The number of nitrogens with one attached hydrogen (secondary N) is 2. The summed E-state index contributed by atoms with van der Waals surface area (Å²) in [6.07, 6.45) is 0.358. The van der Waals surface area contributed by atoms with Gasteiger partial charge in [-0.1, -0.05) is 11.6 Å². The van der Waals surface area contributed by atoms with Gasteiger partial charge in [-0.15, -0.1) is 0 Å². The summed E-state index contributed by atoms with van der Waals surface area (Å²) < 4.78 is 37.8. The van der Waals surface area contributed by atoms with E-state index in [1.807, 2.05) is 0 Å². The van der Waals surface area contributed by atoms with Crippen molar-refractivity contribution in [2.75, 3.05) is 18.7 Å². The Morgan fingerprint density at radius 2 is 2.08 bits per heavy atom. The van der Waals surface area contributed by atoms with Crippen LogP contribution in [0.15, 0.2) is 30.3 Å². The Hall–Kier alpha value is -2.38. The van der Waals surface area contributed by atoms with Crippen LogP contribution in [0.25, 0.3) is 0 Å². The average Bonchev–Trinajstić information content (AvgIpc) is 2.57. The number of hydrogen-bond donors (Lipinski definition) is 2. The molecule has 2 amide bonds. The zero-order valence-electron chi connectivity index (χ0n) is 13.1. The first-order chi connectivity index (χ1) is 12.0. The highest BCUT2D eigenvalue weighted by molar-refractivity contribution is 6.30. The second-order valence-electron chi connectivity index (χ2n) is 5.42. The second kappa shape index (κ2) is 7.67. The van der Waals surface area contributed by atoms with Gasteiger partial charge in [-0.25, -0.2) is 13.6 Å². The number of carbonyl (C=O) groups excluding carboxylic acids is 1. The van der Waals surface area contributed by atoms with Gasteiger partial charge in [0.15, 0.2) is 6.79 Å². The quantitative estimate of drug-likeness (QED) is 0.861. The number of hydrogen-bond acceptors (Lipinski definition) is 3. The van der Waals surface area contributed by atoms with Gasteiger partial charge in [0, 0.05) is 17.1 Å². The Labute approximate surface area is 147 Å². The van der Waals surface area contributed by atoms with Gasteiger partial charge in [-0.3, -0.25) is 0 Å². The Kier molecular flexibility index (Phi) is 5.35. The van der Waals surface area contributed by atoms with Crippen molar-refractivity contribution >= 4 is 23.3 Å². The van der Waals surface area contributed by atoms with Crippen LogP contribution in [0.1, 0.15) is 11.1 Å². The van der Waals surface area contributed by atoms with Crippen LogP contribution < -0.4 is 15.4 Å². The number of fused-ring (bicyclic) bond motifs is 1. The molecule has 3 rings (SSSR count). The van der Waals surface area contributed by atoms with Gasteiger partial charge in [0.05, 0.1) is 12.3 Å². The molecule has 0 saturated heterocycles. The summed E-state index contributed by atoms with van der Waals surface area (Å²) in [5.41, 5.74) is 1.29. The summed E-state index contributed by atoms with van der Waals surface area (Å²) in [5.74, 6) is -0.440. The van der Waals surface area contributed by atoms with Gasteiger partial charge in [0.2, 0.25) is 0 Å². The normalized spacial score (nSPS) is 12.9. The molecule has 8 heteroatoms. The third-order valence-corrected chi connectivity index (χ3v) is 3.85. The topological polar surface area (TPSA) is 59.6 Å². The van der Waals surface area contributed by atoms with E-state index >= 15 is 0 Å². The molecule has 25 heavy (non-hydrogen) atoms. The monoisotopic (exact) mass is 368 g/mol. The van der Waals surface area contributed by atoms with E-state index in [-0.39, 0.29) is 30.7 Å². The first kappa shape index (κ1) is 17.4. The Morgan fingerprint density at radius 1 is 1.24 bits per heavy atom. The van der Waals surface area contributed by atoms with Crippen molar-refractivity contribution in [1.82, 2.24) is 5.32 Å². The van der Waals surface area contributed by atoms with E-state index in [1.54, 1.807) is 0 Å². The number of ether oxygens (including phenoxy) is 2. The largest absolute Gasteiger partial charge is 0.467 e. The second-order valence-corrected chi connectivity index (χ2v) is 5.86. The van der Waals surface area contributed by atoms with Crippen molar-refractivity contribution < 1.29 is 23.0 Å². The number of anilines is 1. The number of amides is 2. The molecule has 0 fully saturated rings. The molecule has 2 N–H and O–H groups in total. The fraction of sp³-hybridized carbons (Fsp3) is 0.235. The van der Waals surface area contributed by atoms with Gasteiger partial charge in [-0.05, 0) is 42.3 Å². The van der Waals surface area contributed by atoms with E-state index in [9.17, 15) is 13.6 Å². The minimum Gasteiger partial charge on any atom is -0.467 e. The lowest BCUT2D eigenvalue weighted by atomic mass is 10.1. The molecule has 132 valence electrons. The van der Waals surface area contributed by atoms with Crippen molar-refractivity contribution in [3.05, 3.63) is 58.1 Å². The van der Waals surface area contributed by atoms with Crippen molar-refractivity contribution in [3.63, 3.8) is 0 Å². The van der Waals surface area contributed by atoms with E-state index in [0.29, 0.717) is 23.3 Å². The maximum atomic E-state index is 13.6. The van der Waals surface area contributed by atoms with Gasteiger partial charge >= 0.3 is 6.03 Å². The number of halogens is 3. The third kappa shape index (κ3) is 4.37. The van der Waals surface area contributed by atoms with Crippen molar-refractivity contribution in [2.45, 2.75) is 13.0 Å². The SMILES string of the molecule is O=C(NCCc1cc(F)cc2c1OCOC2)Nc1ccc(Cl)cc1F. The van der Waals surface area contributed by atoms with Gasteiger partial charge in [0.25, 0.3) is 0 Å². The molecule has 0 radical (unpaired) electrons. The molecule has 1 aliphatic heterocycles. The zero-order valence-corrected chi connectivity index (χ0v) is 13.8. The van der Waals surface area contributed by atoms with Crippen LogP contribution in [-0.4, -0.2) is 19.4 Å². The van der Waals surface area contributed by atoms with Crippen LogP contribution in [-0.2, 0) is 17.8 Å². The predicted octanol–water partition coefficient (Wildman–Crippen LogP) is 3.85. The molecule has 5 nitrogen and oxygen atoms in total.